The van der Waals surface area contributed by atoms with Crippen LogP contribution in [0.3, 0.4) is 0 Å². The third kappa shape index (κ3) is 58.3. The molecule has 0 rings (SSSR count). The minimum absolute atomic E-state index is 0. The van der Waals surface area contributed by atoms with E-state index in [1.165, 1.54) is 0 Å². The molecule has 0 aliphatic carbocycles. The molecule has 340 valence electrons. The van der Waals surface area contributed by atoms with E-state index in [0.29, 0.717) is 145 Å². The number of hydrogen-bond acceptors (Lipinski definition) is 18. The Morgan fingerprint density at radius 2 is 0.702 bits per heavy atom. The monoisotopic (exact) mass is 855 g/mol. The normalized spacial score (nSPS) is 11.1. The minimum atomic E-state index is -1.00. The quantitative estimate of drug-likeness (QED) is 0.0436. The number of halogens is 1. The lowest BCUT2D eigenvalue weighted by molar-refractivity contribution is -0.156. The fourth-order valence-electron chi connectivity index (χ4n) is 3.60. The van der Waals surface area contributed by atoms with Crippen LogP contribution in [0.1, 0.15) is 40.0 Å². The highest BCUT2D eigenvalue weighted by Gasteiger charge is 2.18. The maximum absolute atomic E-state index is 11.7. The molecule has 0 aliphatic rings. The fraction of sp³-hybridized carbons (Fsp3) is 0.889. The van der Waals surface area contributed by atoms with Gasteiger partial charge >= 0.3 is 17.9 Å². The Morgan fingerprint density at radius 1 is 0.439 bits per heavy atom. The number of carbonyl (C=O) groups is 4. The summed E-state index contributed by atoms with van der Waals surface area (Å²) in [6, 6.07) is 0. The van der Waals surface area contributed by atoms with E-state index in [-0.39, 0.29) is 57.5 Å². The average molecular weight is 856 g/mol. The maximum atomic E-state index is 11.7. The van der Waals surface area contributed by atoms with Gasteiger partial charge in [-0.1, -0.05) is 0 Å². The van der Waals surface area contributed by atoms with Crippen molar-refractivity contribution in [3.8, 4) is 0 Å². The standard InChI is InChI=1S/C22H40O11.C14H29NO8.ClH/c1-22(2,3)33-21(26)17-19(23)5-4-6-27-7-8-28-9-10-29-11-12-30-13-14-31-15-16-32-18-20(24)25;15-1-2-18-3-4-19-5-6-20-7-8-21-9-10-22-11-12-23-13-14(16)17;/h4-18H2,1-3H3,(H,24,25);1-13,15H2,(H,16,17);1H. The highest BCUT2D eigenvalue weighted by Crippen LogP contribution is 2.09. The van der Waals surface area contributed by atoms with Crippen molar-refractivity contribution in [2.45, 2.75) is 45.6 Å². The van der Waals surface area contributed by atoms with Gasteiger partial charge in [-0.15, -0.1) is 12.4 Å². The number of ether oxygens (including phenoxy) is 13. The van der Waals surface area contributed by atoms with Crippen LogP contribution in [0, 0.1) is 0 Å². The van der Waals surface area contributed by atoms with Crippen LogP contribution in [0.2, 0.25) is 0 Å². The number of esters is 1. The molecular formula is C36H70ClNO19. The SMILES string of the molecule is CC(C)(C)OC(=O)CC(=O)CCCOCCOCCOCCOCCOCCOCC(=O)O.Cl.NCCOCCOCCOCCOCCOCCOCC(=O)O. The number of Topliss-reactive ketones (excluding diaryl/α,β-unsaturated/α-hetero) is 1. The molecule has 0 radical (unpaired) electrons. The summed E-state index contributed by atoms with van der Waals surface area (Å²) in [4.78, 5) is 43.6. The summed E-state index contributed by atoms with van der Waals surface area (Å²) in [5, 5.41) is 16.7. The largest absolute Gasteiger partial charge is 0.480 e. The van der Waals surface area contributed by atoms with Crippen molar-refractivity contribution in [2.75, 3.05) is 165 Å². The van der Waals surface area contributed by atoms with Crippen LogP contribution >= 0.6 is 12.4 Å². The molecule has 0 heterocycles. The van der Waals surface area contributed by atoms with Crippen molar-refractivity contribution >= 4 is 36.1 Å². The lowest BCUT2D eigenvalue weighted by atomic mass is 10.1. The molecule has 20 nitrogen and oxygen atoms in total. The van der Waals surface area contributed by atoms with Crippen molar-refractivity contribution < 1.29 is 91.0 Å². The number of hydrogen-bond donors (Lipinski definition) is 3. The molecule has 0 unspecified atom stereocenters. The summed E-state index contributed by atoms with van der Waals surface area (Å²) in [7, 11) is 0. The molecule has 0 atom stereocenters. The van der Waals surface area contributed by atoms with E-state index in [4.69, 9.17) is 77.5 Å². The number of rotatable bonds is 42. The summed E-state index contributed by atoms with van der Waals surface area (Å²) < 4.78 is 67.7. The van der Waals surface area contributed by atoms with Crippen LogP contribution in [-0.4, -0.2) is 205 Å². The lowest BCUT2D eigenvalue weighted by Gasteiger charge is -2.19. The second-order valence-corrected chi connectivity index (χ2v) is 12.2. The van der Waals surface area contributed by atoms with Crippen LogP contribution < -0.4 is 5.73 Å². The van der Waals surface area contributed by atoms with Crippen LogP contribution in [0.15, 0.2) is 0 Å². The first-order chi connectivity index (χ1) is 27.0. The van der Waals surface area contributed by atoms with E-state index in [1.54, 1.807) is 20.8 Å². The van der Waals surface area contributed by atoms with Crippen molar-refractivity contribution in [3.63, 3.8) is 0 Å². The van der Waals surface area contributed by atoms with Crippen LogP contribution in [0.4, 0.5) is 0 Å². The molecule has 0 bridgehead atoms. The minimum Gasteiger partial charge on any atom is -0.480 e. The first-order valence-electron chi connectivity index (χ1n) is 18.8. The highest BCUT2D eigenvalue weighted by atomic mass is 35.5. The highest BCUT2D eigenvalue weighted by molar-refractivity contribution is 5.95. The molecule has 0 amide bonds. The molecule has 0 fully saturated rings. The summed E-state index contributed by atoms with van der Waals surface area (Å²) in [5.41, 5.74) is 4.69. The van der Waals surface area contributed by atoms with Gasteiger partial charge in [-0.2, -0.15) is 0 Å². The van der Waals surface area contributed by atoms with E-state index < -0.39 is 23.5 Å². The van der Waals surface area contributed by atoms with Gasteiger partial charge in [-0.25, -0.2) is 9.59 Å². The molecule has 0 aromatic rings. The second-order valence-electron chi connectivity index (χ2n) is 12.2. The van der Waals surface area contributed by atoms with Gasteiger partial charge in [0.1, 0.15) is 31.0 Å². The predicted molar refractivity (Wildman–Crippen MR) is 206 cm³/mol. The fourth-order valence-corrected chi connectivity index (χ4v) is 3.60. The van der Waals surface area contributed by atoms with Crippen LogP contribution in [-0.2, 0) is 80.8 Å². The molecular weight excluding hydrogens is 786 g/mol. The number of aliphatic carboxylic acids is 2. The Bertz CT molecular complexity index is 913. The topological polar surface area (TPSA) is 255 Å². The number of carboxylic acid groups (broad SMARTS) is 2. The van der Waals surface area contributed by atoms with E-state index >= 15 is 0 Å². The van der Waals surface area contributed by atoms with Gasteiger partial charge in [-0.05, 0) is 27.2 Å². The van der Waals surface area contributed by atoms with Gasteiger partial charge in [0.05, 0.1) is 139 Å². The van der Waals surface area contributed by atoms with Gasteiger partial charge in [0, 0.05) is 19.6 Å². The Morgan fingerprint density at radius 3 is 0.965 bits per heavy atom. The number of ketones is 1. The van der Waals surface area contributed by atoms with Gasteiger partial charge in [0.25, 0.3) is 0 Å². The van der Waals surface area contributed by atoms with E-state index in [0.717, 1.165) is 0 Å². The third-order valence-corrected chi connectivity index (χ3v) is 5.94. The Hall–Kier alpha value is -2.15. The zero-order chi connectivity index (χ0) is 41.8. The molecule has 0 spiro atoms. The van der Waals surface area contributed by atoms with Gasteiger partial charge in [-0.3, -0.25) is 9.59 Å². The van der Waals surface area contributed by atoms with Gasteiger partial charge in [0.2, 0.25) is 0 Å². The molecule has 0 saturated heterocycles. The Labute approximate surface area is 343 Å². The Balaban J connectivity index is -0.00000107. The van der Waals surface area contributed by atoms with Crippen LogP contribution in [0.5, 0.6) is 0 Å². The molecule has 0 aromatic heterocycles. The summed E-state index contributed by atoms with van der Waals surface area (Å²) >= 11 is 0. The molecule has 0 aliphatic heterocycles. The maximum Gasteiger partial charge on any atom is 0.329 e. The number of carboxylic acids is 2. The lowest BCUT2D eigenvalue weighted by Crippen LogP contribution is -2.25. The summed E-state index contributed by atoms with van der Waals surface area (Å²) in [5.74, 6) is -2.64. The van der Waals surface area contributed by atoms with Gasteiger partial charge in [0.15, 0.2) is 0 Å². The summed E-state index contributed by atoms with van der Waals surface area (Å²) in [6.07, 6.45) is 0.627. The average Bonchev–Trinajstić information content (AvgIpc) is 3.12. The molecule has 4 N–H and O–H groups in total. The number of nitrogens with two attached hydrogens (primary N) is 1. The first kappa shape index (κ1) is 59.2. The van der Waals surface area contributed by atoms with E-state index in [2.05, 4.69) is 0 Å². The predicted octanol–water partition coefficient (Wildman–Crippen LogP) is 0.803. The molecule has 21 heteroatoms. The third-order valence-electron chi connectivity index (χ3n) is 5.94. The molecule has 0 aromatic carbocycles. The van der Waals surface area contributed by atoms with E-state index in [9.17, 15) is 19.2 Å². The zero-order valence-corrected chi connectivity index (χ0v) is 34.9. The summed E-state index contributed by atoms with van der Waals surface area (Å²) in [6.45, 7) is 14.7. The first-order valence-corrected chi connectivity index (χ1v) is 18.8. The molecule has 0 saturated carbocycles. The second kappa shape index (κ2) is 46.5. The Kier molecular flexibility index (Phi) is 48.3. The van der Waals surface area contributed by atoms with E-state index in [1.807, 2.05) is 0 Å². The number of carbonyl (C=O) groups excluding carboxylic acids is 2. The smallest absolute Gasteiger partial charge is 0.329 e. The van der Waals surface area contributed by atoms with Gasteiger partial charge < -0.3 is 77.5 Å². The van der Waals surface area contributed by atoms with Crippen LogP contribution in [0.25, 0.3) is 0 Å². The zero-order valence-electron chi connectivity index (χ0n) is 34.1. The van der Waals surface area contributed by atoms with Crippen molar-refractivity contribution in [3.05, 3.63) is 0 Å². The van der Waals surface area contributed by atoms with Crippen molar-refractivity contribution in [1.29, 1.82) is 0 Å². The van der Waals surface area contributed by atoms with Crippen molar-refractivity contribution in [2.24, 2.45) is 5.73 Å². The molecule has 57 heavy (non-hydrogen) atoms. The van der Waals surface area contributed by atoms with Crippen molar-refractivity contribution in [1.82, 2.24) is 0 Å².